The second-order valence-electron chi connectivity index (χ2n) is 5.84. The standard InChI is InChI=1S/C19H23N3O2/c1-15(16-7-9-17(23)10-8-16)20-22-13-11-21(12-14-22)18-5-3-4-6-19(18)24-2/h3-10,23H,11-14H2,1-2H3/b20-15+. The zero-order chi connectivity index (χ0) is 16.9. The number of ether oxygens (including phenoxy) is 1. The Morgan fingerprint density at radius 3 is 2.33 bits per heavy atom. The lowest BCUT2D eigenvalue weighted by molar-refractivity contribution is 0.269. The molecule has 5 nitrogen and oxygen atoms in total. The van der Waals surface area contributed by atoms with Gasteiger partial charge in [0.25, 0.3) is 0 Å². The largest absolute Gasteiger partial charge is 0.508 e. The predicted octanol–water partition coefficient (Wildman–Crippen LogP) is 2.95. The van der Waals surface area contributed by atoms with Gasteiger partial charge in [0.1, 0.15) is 11.5 Å². The molecule has 1 saturated heterocycles. The second kappa shape index (κ2) is 7.25. The Bertz CT molecular complexity index is 705. The topological polar surface area (TPSA) is 48.3 Å². The summed E-state index contributed by atoms with van der Waals surface area (Å²) in [6.45, 7) is 5.55. The molecule has 0 spiro atoms. The molecule has 2 aromatic rings. The van der Waals surface area contributed by atoms with Gasteiger partial charge in [0, 0.05) is 13.1 Å². The van der Waals surface area contributed by atoms with Crippen molar-refractivity contribution in [2.75, 3.05) is 38.2 Å². The van der Waals surface area contributed by atoms with Crippen LogP contribution in [0.3, 0.4) is 0 Å². The molecule has 5 heteroatoms. The number of para-hydroxylation sites is 2. The predicted molar refractivity (Wildman–Crippen MR) is 97.1 cm³/mol. The third-order valence-corrected chi connectivity index (χ3v) is 4.26. The van der Waals surface area contributed by atoms with E-state index in [4.69, 9.17) is 9.84 Å². The van der Waals surface area contributed by atoms with Crippen LogP contribution in [-0.4, -0.2) is 49.1 Å². The van der Waals surface area contributed by atoms with Crippen molar-refractivity contribution in [3.63, 3.8) is 0 Å². The van der Waals surface area contributed by atoms with Gasteiger partial charge in [-0.05, 0) is 48.9 Å². The average molecular weight is 325 g/mol. The molecule has 1 aliphatic heterocycles. The van der Waals surface area contributed by atoms with E-state index >= 15 is 0 Å². The summed E-state index contributed by atoms with van der Waals surface area (Å²) < 4.78 is 5.45. The summed E-state index contributed by atoms with van der Waals surface area (Å²) in [6.07, 6.45) is 0. The van der Waals surface area contributed by atoms with Gasteiger partial charge in [-0.25, -0.2) is 0 Å². The summed E-state index contributed by atoms with van der Waals surface area (Å²) in [5, 5.41) is 16.2. The lowest BCUT2D eigenvalue weighted by atomic mass is 10.1. The highest BCUT2D eigenvalue weighted by atomic mass is 16.5. The van der Waals surface area contributed by atoms with Crippen LogP contribution in [0.15, 0.2) is 53.6 Å². The van der Waals surface area contributed by atoms with Gasteiger partial charge in [-0.2, -0.15) is 5.10 Å². The summed E-state index contributed by atoms with van der Waals surface area (Å²) in [7, 11) is 1.71. The van der Waals surface area contributed by atoms with Gasteiger partial charge < -0.3 is 14.7 Å². The van der Waals surface area contributed by atoms with E-state index in [0.29, 0.717) is 0 Å². The number of aromatic hydroxyl groups is 1. The normalized spacial score (nSPS) is 15.5. The zero-order valence-electron chi connectivity index (χ0n) is 14.1. The third-order valence-electron chi connectivity index (χ3n) is 4.26. The Labute approximate surface area is 142 Å². The van der Waals surface area contributed by atoms with Crippen molar-refractivity contribution in [3.8, 4) is 11.5 Å². The SMILES string of the molecule is COc1ccccc1N1CCN(/N=C(\C)c2ccc(O)cc2)CC1. The summed E-state index contributed by atoms with van der Waals surface area (Å²) in [4.78, 5) is 2.33. The first kappa shape index (κ1) is 16.2. The first-order valence-corrected chi connectivity index (χ1v) is 8.15. The van der Waals surface area contributed by atoms with E-state index in [1.165, 1.54) is 0 Å². The molecule has 2 aromatic carbocycles. The van der Waals surface area contributed by atoms with Gasteiger partial charge in [-0.3, -0.25) is 5.01 Å². The zero-order valence-corrected chi connectivity index (χ0v) is 14.1. The summed E-state index contributed by atoms with van der Waals surface area (Å²) in [6, 6.07) is 15.3. The summed E-state index contributed by atoms with van der Waals surface area (Å²) in [5.74, 6) is 1.19. The Hall–Kier alpha value is -2.69. The van der Waals surface area contributed by atoms with Gasteiger partial charge in [0.05, 0.1) is 31.6 Å². The van der Waals surface area contributed by atoms with E-state index < -0.39 is 0 Å². The molecule has 0 saturated carbocycles. The second-order valence-corrected chi connectivity index (χ2v) is 5.84. The molecular weight excluding hydrogens is 302 g/mol. The van der Waals surface area contributed by atoms with E-state index in [-0.39, 0.29) is 5.75 Å². The molecule has 1 heterocycles. The minimum Gasteiger partial charge on any atom is -0.508 e. The smallest absolute Gasteiger partial charge is 0.142 e. The Morgan fingerprint density at radius 2 is 1.67 bits per heavy atom. The first-order valence-electron chi connectivity index (χ1n) is 8.15. The number of rotatable bonds is 4. The molecule has 24 heavy (non-hydrogen) atoms. The fourth-order valence-electron chi connectivity index (χ4n) is 2.90. The maximum Gasteiger partial charge on any atom is 0.142 e. The monoisotopic (exact) mass is 325 g/mol. The van der Waals surface area contributed by atoms with Crippen LogP contribution in [0.2, 0.25) is 0 Å². The number of nitrogens with zero attached hydrogens (tertiary/aromatic N) is 3. The molecule has 0 atom stereocenters. The molecule has 0 radical (unpaired) electrons. The molecule has 0 bridgehead atoms. The fourth-order valence-corrected chi connectivity index (χ4v) is 2.90. The van der Waals surface area contributed by atoms with Crippen molar-refractivity contribution < 1.29 is 9.84 Å². The highest BCUT2D eigenvalue weighted by molar-refractivity contribution is 5.98. The molecule has 1 aliphatic rings. The highest BCUT2D eigenvalue weighted by Gasteiger charge is 2.18. The minimum absolute atomic E-state index is 0.275. The van der Waals surface area contributed by atoms with Crippen LogP contribution in [-0.2, 0) is 0 Å². The number of benzene rings is 2. The lowest BCUT2D eigenvalue weighted by Gasteiger charge is -2.35. The number of anilines is 1. The van der Waals surface area contributed by atoms with Crippen LogP contribution < -0.4 is 9.64 Å². The lowest BCUT2D eigenvalue weighted by Crippen LogP contribution is -2.44. The van der Waals surface area contributed by atoms with E-state index in [2.05, 4.69) is 16.0 Å². The van der Waals surface area contributed by atoms with Crippen molar-refractivity contribution in [2.24, 2.45) is 5.10 Å². The third kappa shape index (κ3) is 3.62. The number of hydrogen-bond donors (Lipinski definition) is 1. The molecule has 0 aromatic heterocycles. The first-order chi connectivity index (χ1) is 11.7. The molecule has 1 N–H and O–H groups in total. The van der Waals surface area contributed by atoms with E-state index in [1.54, 1.807) is 19.2 Å². The quantitative estimate of drug-likeness (QED) is 0.878. The fraction of sp³-hybridized carbons (Fsp3) is 0.316. The van der Waals surface area contributed by atoms with Gasteiger partial charge in [-0.15, -0.1) is 0 Å². The van der Waals surface area contributed by atoms with Crippen LogP contribution in [0.1, 0.15) is 12.5 Å². The van der Waals surface area contributed by atoms with Crippen molar-refractivity contribution in [2.45, 2.75) is 6.92 Å². The maximum absolute atomic E-state index is 9.37. The van der Waals surface area contributed by atoms with Crippen molar-refractivity contribution in [1.29, 1.82) is 0 Å². The van der Waals surface area contributed by atoms with Crippen LogP contribution >= 0.6 is 0 Å². The van der Waals surface area contributed by atoms with Gasteiger partial charge in [0.2, 0.25) is 0 Å². The van der Waals surface area contributed by atoms with Crippen LogP contribution in [0.5, 0.6) is 11.5 Å². The summed E-state index contributed by atoms with van der Waals surface area (Å²) >= 11 is 0. The van der Waals surface area contributed by atoms with Gasteiger partial charge >= 0.3 is 0 Å². The molecule has 1 fully saturated rings. The number of phenols is 1. The van der Waals surface area contributed by atoms with E-state index in [9.17, 15) is 5.11 Å². The molecule has 126 valence electrons. The summed E-state index contributed by atoms with van der Waals surface area (Å²) in [5.41, 5.74) is 3.12. The number of hydrazone groups is 1. The molecule has 0 amide bonds. The molecular formula is C19H23N3O2. The Balaban J connectivity index is 1.64. The van der Waals surface area contributed by atoms with Crippen LogP contribution in [0.25, 0.3) is 0 Å². The number of phenolic OH excluding ortho intramolecular Hbond substituents is 1. The molecule has 3 rings (SSSR count). The molecule has 0 unspecified atom stereocenters. The van der Waals surface area contributed by atoms with Crippen LogP contribution in [0, 0.1) is 0 Å². The van der Waals surface area contributed by atoms with Crippen molar-refractivity contribution in [1.82, 2.24) is 5.01 Å². The Morgan fingerprint density at radius 1 is 1.00 bits per heavy atom. The Kier molecular flexibility index (Phi) is 4.89. The maximum atomic E-state index is 9.37. The average Bonchev–Trinajstić information content (AvgIpc) is 2.63. The van der Waals surface area contributed by atoms with Gasteiger partial charge in [-0.1, -0.05) is 12.1 Å². The van der Waals surface area contributed by atoms with Crippen molar-refractivity contribution in [3.05, 3.63) is 54.1 Å². The molecule has 0 aliphatic carbocycles. The van der Waals surface area contributed by atoms with Gasteiger partial charge in [0.15, 0.2) is 0 Å². The van der Waals surface area contributed by atoms with Crippen molar-refractivity contribution >= 4 is 11.4 Å². The highest BCUT2D eigenvalue weighted by Crippen LogP contribution is 2.28. The van der Waals surface area contributed by atoms with E-state index in [1.807, 2.05) is 37.3 Å². The minimum atomic E-state index is 0.275. The van der Waals surface area contributed by atoms with E-state index in [0.717, 1.165) is 48.9 Å². The number of piperazine rings is 1. The van der Waals surface area contributed by atoms with Crippen LogP contribution in [0.4, 0.5) is 5.69 Å². The number of methoxy groups -OCH3 is 1. The number of hydrogen-bond acceptors (Lipinski definition) is 5.